The molecule has 10 heterocycles. The number of carbonyl (C=O) groups excluding carboxylic acids is 2. The van der Waals surface area contributed by atoms with Gasteiger partial charge in [0.25, 0.3) is 0 Å². The second kappa shape index (κ2) is 20.3. The molecule has 18 nitrogen and oxygen atoms in total. The zero-order valence-electron chi connectivity index (χ0n) is 41.0. The first kappa shape index (κ1) is 46.9. The molecule has 6 saturated heterocycles. The number of rotatable bonds is 10. The van der Waals surface area contributed by atoms with Gasteiger partial charge in [-0.1, -0.05) is 0 Å². The van der Waals surface area contributed by atoms with Crippen molar-refractivity contribution in [3.63, 3.8) is 0 Å². The third-order valence-electron chi connectivity index (χ3n) is 15.5. The predicted molar refractivity (Wildman–Crippen MR) is 267 cm³/mol. The fraction of sp³-hybridized carbons (Fsp3) is 0.577. The first-order valence-electron chi connectivity index (χ1n) is 25.8. The molecular formula is C52H68N12O6. The molecule has 0 saturated carbocycles. The zero-order chi connectivity index (χ0) is 47.9. The summed E-state index contributed by atoms with van der Waals surface area (Å²) in [4.78, 5) is 54.7. The van der Waals surface area contributed by atoms with Crippen molar-refractivity contribution in [1.29, 1.82) is 0 Å². The van der Waals surface area contributed by atoms with Crippen LogP contribution < -0.4 is 31.1 Å². The largest absolute Gasteiger partial charge is 0.378 e. The number of morpholine rings is 2. The van der Waals surface area contributed by atoms with Crippen LogP contribution in [0.1, 0.15) is 88.0 Å². The minimum absolute atomic E-state index is 0.203. The topological polar surface area (TPSA) is 184 Å². The molecule has 372 valence electrons. The Balaban J connectivity index is 0.000000152. The predicted octanol–water partition coefficient (Wildman–Crippen LogP) is 5.94. The molecule has 0 aliphatic carbocycles. The maximum Gasteiger partial charge on any atom is 0.319 e. The van der Waals surface area contributed by atoms with Crippen LogP contribution in [0, 0.1) is 0 Å². The Morgan fingerprint density at radius 2 is 0.957 bits per heavy atom. The van der Waals surface area contributed by atoms with E-state index >= 15 is 0 Å². The van der Waals surface area contributed by atoms with Gasteiger partial charge in [0, 0.05) is 96.8 Å². The quantitative estimate of drug-likeness (QED) is 0.147. The molecule has 6 fully saturated rings. The Kier molecular flexibility index (Phi) is 13.6. The number of fused-ring (bicyclic) bond motifs is 8. The van der Waals surface area contributed by atoms with Crippen molar-refractivity contribution in [2.24, 2.45) is 0 Å². The second-order valence-electron chi connectivity index (χ2n) is 20.0. The zero-order valence-corrected chi connectivity index (χ0v) is 41.0. The molecule has 70 heavy (non-hydrogen) atoms. The number of urea groups is 2. The molecule has 4 unspecified atom stereocenters. The van der Waals surface area contributed by atoms with Gasteiger partial charge in [0.1, 0.15) is 11.6 Å². The summed E-state index contributed by atoms with van der Waals surface area (Å²) < 4.78 is 22.6. The van der Waals surface area contributed by atoms with Gasteiger partial charge in [0.05, 0.1) is 88.4 Å². The van der Waals surface area contributed by atoms with Crippen molar-refractivity contribution >= 4 is 35.1 Å². The van der Waals surface area contributed by atoms with Crippen LogP contribution in [0.2, 0.25) is 0 Å². The van der Waals surface area contributed by atoms with Crippen LogP contribution in [0.15, 0.2) is 48.5 Å². The number of hydrogen-bond acceptors (Lipinski definition) is 14. The maximum absolute atomic E-state index is 11.9. The van der Waals surface area contributed by atoms with E-state index in [0.717, 1.165) is 111 Å². The van der Waals surface area contributed by atoms with Crippen molar-refractivity contribution < 1.29 is 28.5 Å². The van der Waals surface area contributed by atoms with E-state index in [9.17, 15) is 9.59 Å². The van der Waals surface area contributed by atoms with Gasteiger partial charge in [-0.15, -0.1) is 0 Å². The highest BCUT2D eigenvalue weighted by Gasteiger charge is 2.50. The summed E-state index contributed by atoms with van der Waals surface area (Å²) in [6.45, 7) is 17.3. The van der Waals surface area contributed by atoms with E-state index in [4.69, 9.17) is 38.9 Å². The standard InChI is InChI=1S/2C26H34N6O3/c2*1-3-27-26(33)28-18-6-4-17(5-7-18)24-29-21-12-19-8-9-22(32(19)20-14-35-15-20)23(21)25(30-24)31-10-11-34-13-16(31)2/h2*4-7,16,19-20,22H,3,8-15H2,1-2H3,(H2,27,28,33)/t2*16-,19?,22?/m00/s1. The number of hydrogen-bond donors (Lipinski definition) is 4. The monoisotopic (exact) mass is 957 g/mol. The van der Waals surface area contributed by atoms with Gasteiger partial charge in [-0.2, -0.15) is 0 Å². The normalized spacial score (nSPS) is 26.2. The van der Waals surface area contributed by atoms with E-state index in [1.54, 1.807) is 0 Å². The van der Waals surface area contributed by atoms with E-state index in [0.29, 0.717) is 75.8 Å². The molecule has 2 aromatic carbocycles. The van der Waals surface area contributed by atoms with Gasteiger partial charge in [0.2, 0.25) is 0 Å². The molecule has 0 spiro atoms. The Morgan fingerprint density at radius 1 is 0.543 bits per heavy atom. The maximum atomic E-state index is 11.9. The molecule has 6 atom stereocenters. The molecule has 8 aliphatic rings. The van der Waals surface area contributed by atoms with Gasteiger partial charge in [-0.3, -0.25) is 9.80 Å². The lowest BCUT2D eigenvalue weighted by Gasteiger charge is -2.46. The molecule has 4 bridgehead atoms. The number of anilines is 4. The van der Waals surface area contributed by atoms with Crippen LogP contribution in [0.5, 0.6) is 0 Å². The first-order chi connectivity index (χ1) is 34.2. The number of benzene rings is 2. The van der Waals surface area contributed by atoms with E-state index in [1.165, 1.54) is 35.4 Å². The first-order valence-corrected chi connectivity index (χ1v) is 25.8. The number of nitrogens with one attached hydrogen (secondary N) is 4. The summed E-state index contributed by atoms with van der Waals surface area (Å²) in [7, 11) is 0. The second-order valence-corrected chi connectivity index (χ2v) is 20.0. The molecule has 4 N–H and O–H groups in total. The summed E-state index contributed by atoms with van der Waals surface area (Å²) in [6, 6.07) is 18.5. The number of aromatic nitrogens is 4. The molecule has 12 rings (SSSR count). The summed E-state index contributed by atoms with van der Waals surface area (Å²) in [5.74, 6) is 3.64. The lowest BCUT2D eigenvalue weighted by Crippen LogP contribution is -2.54. The van der Waals surface area contributed by atoms with E-state index in [-0.39, 0.29) is 24.1 Å². The van der Waals surface area contributed by atoms with Crippen molar-refractivity contribution in [3.8, 4) is 22.8 Å². The summed E-state index contributed by atoms with van der Waals surface area (Å²) >= 11 is 0. The van der Waals surface area contributed by atoms with Crippen LogP contribution in [-0.4, -0.2) is 157 Å². The van der Waals surface area contributed by atoms with Gasteiger partial charge >= 0.3 is 12.1 Å². The minimum Gasteiger partial charge on any atom is -0.378 e. The molecule has 8 aliphatic heterocycles. The Labute approximate surface area is 410 Å². The van der Waals surface area contributed by atoms with E-state index < -0.39 is 0 Å². The number of ether oxygens (including phenoxy) is 4. The number of amides is 4. The smallest absolute Gasteiger partial charge is 0.319 e. The van der Waals surface area contributed by atoms with Crippen LogP contribution in [-0.2, 0) is 31.8 Å². The van der Waals surface area contributed by atoms with Crippen LogP contribution >= 0.6 is 0 Å². The lowest BCUT2D eigenvalue weighted by molar-refractivity contribution is -0.0857. The SMILES string of the molecule is CCNC(=O)Nc1ccc(-c2nc3c(c(N4CCOC[C@@H]4C)n2)C2CCC(C3)N2C2COC2)cc1.CCNC(=O)Nc1ccc(-c2nc3c(c(N4CCOC[C@@H]4C)n2)C2CCC(C3)N2C2COC2)cc1. The van der Waals surface area contributed by atoms with E-state index in [1.807, 2.05) is 62.4 Å². The summed E-state index contributed by atoms with van der Waals surface area (Å²) in [6.07, 6.45) is 6.63. The molecule has 2 aromatic heterocycles. The van der Waals surface area contributed by atoms with Crippen LogP contribution in [0.3, 0.4) is 0 Å². The summed E-state index contributed by atoms with van der Waals surface area (Å²) in [5, 5.41) is 11.2. The average Bonchev–Trinajstić information content (AvgIpc) is 3.77. The van der Waals surface area contributed by atoms with Crippen LogP contribution in [0.25, 0.3) is 22.8 Å². The highest BCUT2D eigenvalue weighted by atomic mass is 16.5. The van der Waals surface area contributed by atoms with Crippen molar-refractivity contribution in [3.05, 3.63) is 71.0 Å². The molecule has 18 heteroatoms. The molecule has 0 radical (unpaired) electrons. The lowest BCUT2D eigenvalue weighted by atomic mass is 9.94. The molecular weight excluding hydrogens is 889 g/mol. The third kappa shape index (κ3) is 9.18. The third-order valence-corrected chi connectivity index (χ3v) is 15.5. The van der Waals surface area contributed by atoms with Crippen molar-refractivity contribution in [2.75, 3.05) is 99.5 Å². The van der Waals surface area contributed by atoms with Gasteiger partial charge in [0.15, 0.2) is 11.6 Å². The fourth-order valence-electron chi connectivity index (χ4n) is 12.0. The minimum atomic E-state index is -0.203. The van der Waals surface area contributed by atoms with Crippen LogP contribution in [0.4, 0.5) is 32.6 Å². The number of carbonyl (C=O) groups is 2. The van der Waals surface area contributed by atoms with Crippen molar-refractivity contribution in [2.45, 2.75) is 115 Å². The average molecular weight is 957 g/mol. The van der Waals surface area contributed by atoms with E-state index in [2.05, 4.69) is 54.7 Å². The van der Waals surface area contributed by atoms with Gasteiger partial charge in [-0.25, -0.2) is 29.5 Å². The Hall–Kier alpha value is -5.50. The summed E-state index contributed by atoms with van der Waals surface area (Å²) in [5.41, 5.74) is 8.43. The fourth-order valence-corrected chi connectivity index (χ4v) is 12.0. The molecule has 4 amide bonds. The Bertz CT molecular complexity index is 2350. The Morgan fingerprint density at radius 3 is 1.31 bits per heavy atom. The van der Waals surface area contributed by atoms with Gasteiger partial charge < -0.3 is 50.0 Å². The number of nitrogens with zero attached hydrogens (tertiary/aromatic N) is 8. The van der Waals surface area contributed by atoms with Crippen molar-refractivity contribution in [1.82, 2.24) is 40.4 Å². The highest BCUT2D eigenvalue weighted by Crippen LogP contribution is 2.51. The molecule has 4 aromatic rings. The highest BCUT2D eigenvalue weighted by molar-refractivity contribution is 5.90. The van der Waals surface area contributed by atoms with Gasteiger partial charge in [-0.05, 0) is 102 Å².